The number of likely N-dealkylation sites (N-methyl/N-ethyl adjacent to an activating group) is 1. The van der Waals surface area contributed by atoms with E-state index in [0.29, 0.717) is 6.04 Å². The molecule has 0 spiro atoms. The van der Waals surface area contributed by atoms with Gasteiger partial charge in [0.05, 0.1) is 4.88 Å². The number of fused-ring (bicyclic) bond motifs is 1. The molecule has 1 aliphatic carbocycles. The highest BCUT2D eigenvalue weighted by Gasteiger charge is 2.26. The molecule has 4 heteroatoms. The Morgan fingerprint density at radius 3 is 2.95 bits per heavy atom. The van der Waals surface area contributed by atoms with Gasteiger partial charge in [0, 0.05) is 24.0 Å². The smallest absolute Gasteiger partial charge is 0.264 e. The lowest BCUT2D eigenvalue weighted by molar-refractivity contribution is 0.0667. The summed E-state index contributed by atoms with van der Waals surface area (Å²) >= 11 is 1.75. The van der Waals surface area contributed by atoms with E-state index in [1.165, 1.54) is 42.5 Å². The number of carbonyl (C=O) groups is 1. The van der Waals surface area contributed by atoms with Crippen molar-refractivity contribution in [2.45, 2.75) is 57.9 Å². The first kappa shape index (κ1) is 15.0. The van der Waals surface area contributed by atoms with Crippen LogP contribution in [0.4, 0.5) is 0 Å². The number of thiophene rings is 1. The molecule has 2 aliphatic rings. The van der Waals surface area contributed by atoms with Gasteiger partial charge in [0.25, 0.3) is 5.91 Å². The van der Waals surface area contributed by atoms with Crippen molar-refractivity contribution in [2.24, 2.45) is 0 Å². The Bertz CT molecular complexity index is 467. The molecule has 1 aliphatic heterocycles. The van der Waals surface area contributed by atoms with Gasteiger partial charge in [-0.05, 0) is 63.6 Å². The zero-order valence-electron chi connectivity index (χ0n) is 13.0. The van der Waals surface area contributed by atoms with Crippen LogP contribution in [-0.2, 0) is 12.8 Å². The minimum Gasteiger partial charge on any atom is -0.334 e. The fraction of sp³-hybridized carbons (Fsp3) is 0.706. The maximum absolute atomic E-state index is 12.9. The molecule has 0 radical (unpaired) electrons. The molecular weight excluding hydrogens is 280 g/mol. The van der Waals surface area contributed by atoms with Crippen LogP contribution in [0.2, 0.25) is 0 Å². The Morgan fingerprint density at radius 2 is 2.19 bits per heavy atom. The molecule has 3 rings (SSSR count). The Balaban J connectivity index is 1.76. The Labute approximate surface area is 131 Å². The van der Waals surface area contributed by atoms with E-state index in [1.807, 2.05) is 0 Å². The third kappa shape index (κ3) is 3.32. The van der Waals surface area contributed by atoms with Crippen LogP contribution >= 0.6 is 11.3 Å². The van der Waals surface area contributed by atoms with Crippen LogP contribution in [0.15, 0.2) is 6.07 Å². The second-order valence-electron chi connectivity index (χ2n) is 6.21. The summed E-state index contributed by atoms with van der Waals surface area (Å²) in [5.41, 5.74) is 1.44. The summed E-state index contributed by atoms with van der Waals surface area (Å²) < 4.78 is 0. The second-order valence-corrected chi connectivity index (χ2v) is 7.35. The number of carbonyl (C=O) groups excluding carboxylic acids is 1. The lowest BCUT2D eigenvalue weighted by Gasteiger charge is -2.33. The Hall–Kier alpha value is -0.870. The van der Waals surface area contributed by atoms with Gasteiger partial charge in [0.2, 0.25) is 0 Å². The predicted octanol–water partition coefficient (Wildman–Crippen LogP) is 3.23. The maximum atomic E-state index is 12.9. The number of nitrogens with zero attached hydrogens (tertiary/aromatic N) is 1. The molecule has 0 bridgehead atoms. The highest BCUT2D eigenvalue weighted by molar-refractivity contribution is 7.14. The molecule has 21 heavy (non-hydrogen) atoms. The lowest BCUT2D eigenvalue weighted by atomic mass is 10.1. The van der Waals surface area contributed by atoms with E-state index in [9.17, 15) is 4.79 Å². The standard InChI is InChI=1S/C17H26N2OS/c1-2-19(14-8-6-10-18-12-14)17(20)16-11-13-7-4-3-5-9-15(13)21-16/h11,14,18H,2-10,12H2,1H3. The fourth-order valence-corrected chi connectivity index (χ4v) is 4.79. The van der Waals surface area contributed by atoms with Crippen LogP contribution in [0, 0.1) is 0 Å². The van der Waals surface area contributed by atoms with Crippen LogP contribution in [-0.4, -0.2) is 36.5 Å². The molecule has 3 nitrogen and oxygen atoms in total. The van der Waals surface area contributed by atoms with Gasteiger partial charge in [-0.15, -0.1) is 11.3 Å². The molecule has 1 atom stereocenters. The topological polar surface area (TPSA) is 32.3 Å². The average molecular weight is 306 g/mol. The highest BCUT2D eigenvalue weighted by atomic mass is 32.1. The number of amides is 1. The van der Waals surface area contributed by atoms with Crippen LogP contribution < -0.4 is 5.32 Å². The van der Waals surface area contributed by atoms with Crippen LogP contribution in [0.5, 0.6) is 0 Å². The average Bonchev–Trinajstić information content (AvgIpc) is 2.80. The zero-order chi connectivity index (χ0) is 14.7. The van der Waals surface area contributed by atoms with Gasteiger partial charge in [-0.3, -0.25) is 4.79 Å². The summed E-state index contributed by atoms with van der Waals surface area (Å²) in [7, 11) is 0. The molecule has 1 saturated heterocycles. The molecule has 0 saturated carbocycles. The minimum atomic E-state index is 0.254. The number of nitrogens with one attached hydrogen (secondary N) is 1. The normalized spacial score (nSPS) is 22.4. The van der Waals surface area contributed by atoms with Gasteiger partial charge >= 0.3 is 0 Å². The number of aryl methyl sites for hydroxylation is 2. The van der Waals surface area contributed by atoms with Gasteiger partial charge in [0.1, 0.15) is 0 Å². The minimum absolute atomic E-state index is 0.254. The summed E-state index contributed by atoms with van der Waals surface area (Å²) in [6.45, 7) is 4.96. The second kappa shape index (κ2) is 6.93. The van der Waals surface area contributed by atoms with Crippen LogP contribution in [0.3, 0.4) is 0 Å². The number of piperidine rings is 1. The Kier molecular flexibility index (Phi) is 4.96. The summed E-state index contributed by atoms with van der Waals surface area (Å²) in [6, 6.07) is 2.56. The summed E-state index contributed by atoms with van der Waals surface area (Å²) in [5, 5.41) is 3.42. The van der Waals surface area contributed by atoms with Crippen molar-refractivity contribution in [2.75, 3.05) is 19.6 Å². The largest absolute Gasteiger partial charge is 0.334 e. The van der Waals surface area contributed by atoms with E-state index < -0.39 is 0 Å². The van der Waals surface area contributed by atoms with Crippen molar-refractivity contribution in [3.05, 3.63) is 21.4 Å². The van der Waals surface area contributed by atoms with E-state index in [-0.39, 0.29) is 5.91 Å². The molecule has 0 aromatic carbocycles. The van der Waals surface area contributed by atoms with E-state index in [1.54, 1.807) is 11.3 Å². The van der Waals surface area contributed by atoms with Crippen molar-refractivity contribution >= 4 is 17.2 Å². The molecule has 1 unspecified atom stereocenters. The highest BCUT2D eigenvalue weighted by Crippen LogP contribution is 2.30. The Morgan fingerprint density at radius 1 is 1.33 bits per heavy atom. The fourth-order valence-electron chi connectivity index (χ4n) is 3.58. The van der Waals surface area contributed by atoms with Crippen LogP contribution in [0.25, 0.3) is 0 Å². The molecule has 2 heterocycles. The van der Waals surface area contributed by atoms with Crippen molar-refractivity contribution in [1.29, 1.82) is 0 Å². The summed E-state index contributed by atoms with van der Waals surface area (Å²) in [5.74, 6) is 0.254. The van der Waals surface area contributed by atoms with E-state index in [2.05, 4.69) is 23.2 Å². The van der Waals surface area contributed by atoms with E-state index in [4.69, 9.17) is 0 Å². The van der Waals surface area contributed by atoms with Gasteiger partial charge in [-0.25, -0.2) is 0 Å². The van der Waals surface area contributed by atoms with Gasteiger partial charge in [0.15, 0.2) is 0 Å². The third-order valence-electron chi connectivity index (χ3n) is 4.77. The molecule has 116 valence electrons. The van der Waals surface area contributed by atoms with Crippen molar-refractivity contribution < 1.29 is 4.79 Å². The monoisotopic (exact) mass is 306 g/mol. The summed E-state index contributed by atoms with van der Waals surface area (Å²) in [4.78, 5) is 17.4. The predicted molar refractivity (Wildman–Crippen MR) is 88.2 cm³/mol. The van der Waals surface area contributed by atoms with Crippen LogP contribution in [0.1, 0.15) is 59.1 Å². The first-order valence-electron chi connectivity index (χ1n) is 8.43. The van der Waals surface area contributed by atoms with Gasteiger partial charge < -0.3 is 10.2 Å². The number of hydrogen-bond donors (Lipinski definition) is 1. The third-order valence-corrected chi connectivity index (χ3v) is 6.00. The van der Waals surface area contributed by atoms with Gasteiger partial charge in [-0.2, -0.15) is 0 Å². The zero-order valence-corrected chi connectivity index (χ0v) is 13.8. The molecule has 1 fully saturated rings. The SMILES string of the molecule is CCN(C(=O)c1cc2c(s1)CCCCC2)C1CCCNC1. The number of rotatable bonds is 3. The molecule has 1 aromatic heterocycles. The molecular formula is C17H26N2OS. The van der Waals surface area contributed by atoms with E-state index in [0.717, 1.165) is 37.4 Å². The molecule has 1 amide bonds. The first-order valence-corrected chi connectivity index (χ1v) is 9.24. The number of hydrogen-bond acceptors (Lipinski definition) is 3. The van der Waals surface area contributed by atoms with E-state index >= 15 is 0 Å². The lowest BCUT2D eigenvalue weighted by Crippen LogP contribution is -2.48. The molecule has 1 N–H and O–H groups in total. The quantitative estimate of drug-likeness (QED) is 0.870. The van der Waals surface area contributed by atoms with Gasteiger partial charge in [-0.1, -0.05) is 6.42 Å². The molecule has 1 aromatic rings. The van der Waals surface area contributed by atoms with Crippen molar-refractivity contribution in [3.8, 4) is 0 Å². The maximum Gasteiger partial charge on any atom is 0.264 e. The van der Waals surface area contributed by atoms with Crippen molar-refractivity contribution in [3.63, 3.8) is 0 Å². The first-order chi connectivity index (χ1) is 10.3. The van der Waals surface area contributed by atoms with Crippen molar-refractivity contribution in [1.82, 2.24) is 10.2 Å². The summed E-state index contributed by atoms with van der Waals surface area (Å²) in [6.07, 6.45) is 8.54.